The summed E-state index contributed by atoms with van der Waals surface area (Å²) in [6, 6.07) is 6.11. The SMILES string of the molecule is COc1cc(N2CCN[C@H](C)C2)ccc1C(=O)Nc1cn2cc(C)nc2cn1. The van der Waals surface area contributed by atoms with Crippen LogP contribution in [0.1, 0.15) is 23.0 Å². The highest BCUT2D eigenvalue weighted by Gasteiger charge is 2.19. The van der Waals surface area contributed by atoms with Gasteiger partial charge in [0.05, 0.1) is 30.8 Å². The molecule has 1 aliphatic heterocycles. The zero-order chi connectivity index (χ0) is 19.7. The molecule has 3 aromatic rings. The van der Waals surface area contributed by atoms with Gasteiger partial charge in [0, 0.05) is 43.6 Å². The van der Waals surface area contributed by atoms with Crippen LogP contribution < -0.4 is 20.3 Å². The van der Waals surface area contributed by atoms with Crippen LogP contribution in [0.3, 0.4) is 0 Å². The van der Waals surface area contributed by atoms with Crippen molar-refractivity contribution in [3.8, 4) is 5.75 Å². The van der Waals surface area contributed by atoms with Crippen molar-refractivity contribution in [1.82, 2.24) is 19.7 Å². The number of amides is 1. The molecule has 0 bridgehead atoms. The van der Waals surface area contributed by atoms with E-state index in [9.17, 15) is 4.79 Å². The Labute approximate surface area is 163 Å². The molecule has 28 heavy (non-hydrogen) atoms. The molecule has 0 saturated carbocycles. The number of benzene rings is 1. The Hall–Kier alpha value is -3.13. The minimum atomic E-state index is -0.263. The lowest BCUT2D eigenvalue weighted by molar-refractivity contribution is 0.102. The molecule has 4 rings (SSSR count). The molecule has 1 aromatic carbocycles. The number of hydrogen-bond acceptors (Lipinski definition) is 6. The highest BCUT2D eigenvalue weighted by molar-refractivity contribution is 6.06. The second kappa shape index (κ2) is 7.47. The average Bonchev–Trinajstić information content (AvgIpc) is 3.06. The number of ether oxygens (including phenoxy) is 1. The maximum Gasteiger partial charge on any atom is 0.260 e. The van der Waals surface area contributed by atoms with Crippen LogP contribution in [0.25, 0.3) is 5.65 Å². The van der Waals surface area contributed by atoms with Crippen LogP contribution in [0.15, 0.2) is 36.8 Å². The zero-order valence-electron chi connectivity index (χ0n) is 16.3. The highest BCUT2D eigenvalue weighted by Crippen LogP contribution is 2.27. The van der Waals surface area contributed by atoms with E-state index in [1.165, 1.54) is 0 Å². The summed E-state index contributed by atoms with van der Waals surface area (Å²) in [6.45, 7) is 6.86. The van der Waals surface area contributed by atoms with Gasteiger partial charge < -0.3 is 24.7 Å². The maximum absolute atomic E-state index is 12.8. The minimum Gasteiger partial charge on any atom is -0.496 e. The smallest absolute Gasteiger partial charge is 0.260 e. The molecular weight excluding hydrogens is 356 g/mol. The molecule has 1 amide bonds. The number of aromatic nitrogens is 3. The molecule has 1 saturated heterocycles. The molecule has 3 heterocycles. The van der Waals surface area contributed by atoms with Gasteiger partial charge in [-0.15, -0.1) is 0 Å². The fourth-order valence-electron chi connectivity index (χ4n) is 3.51. The van der Waals surface area contributed by atoms with Crippen molar-refractivity contribution in [1.29, 1.82) is 0 Å². The normalized spacial score (nSPS) is 17.0. The number of hydrogen-bond donors (Lipinski definition) is 2. The van der Waals surface area contributed by atoms with Gasteiger partial charge in [-0.05, 0) is 26.0 Å². The van der Waals surface area contributed by atoms with Crippen molar-refractivity contribution in [2.75, 3.05) is 37.0 Å². The van der Waals surface area contributed by atoms with E-state index in [4.69, 9.17) is 4.74 Å². The number of aryl methyl sites for hydroxylation is 1. The van der Waals surface area contributed by atoms with Gasteiger partial charge in [-0.3, -0.25) is 4.79 Å². The van der Waals surface area contributed by atoms with Gasteiger partial charge in [0.15, 0.2) is 5.65 Å². The number of nitrogens with one attached hydrogen (secondary N) is 2. The summed E-state index contributed by atoms with van der Waals surface area (Å²) in [6.07, 6.45) is 5.27. The summed E-state index contributed by atoms with van der Waals surface area (Å²) in [5.41, 5.74) is 3.15. The van der Waals surface area contributed by atoms with Gasteiger partial charge in [0.25, 0.3) is 5.91 Å². The highest BCUT2D eigenvalue weighted by atomic mass is 16.5. The quantitative estimate of drug-likeness (QED) is 0.721. The van der Waals surface area contributed by atoms with Crippen LogP contribution in [-0.2, 0) is 0 Å². The molecule has 1 fully saturated rings. The first-order valence-corrected chi connectivity index (χ1v) is 9.32. The second-order valence-corrected chi connectivity index (χ2v) is 7.06. The lowest BCUT2D eigenvalue weighted by atomic mass is 10.1. The summed E-state index contributed by atoms with van der Waals surface area (Å²) >= 11 is 0. The number of carbonyl (C=O) groups excluding carboxylic acids is 1. The third kappa shape index (κ3) is 3.63. The molecule has 1 atom stereocenters. The predicted octanol–water partition coefficient (Wildman–Crippen LogP) is 2.10. The first kappa shape index (κ1) is 18.2. The monoisotopic (exact) mass is 380 g/mol. The first-order chi connectivity index (χ1) is 13.5. The number of imidazole rings is 1. The average molecular weight is 380 g/mol. The van der Waals surface area contributed by atoms with Crippen LogP contribution in [0, 0.1) is 6.92 Å². The third-order valence-electron chi connectivity index (χ3n) is 4.87. The molecule has 0 aliphatic carbocycles. The summed E-state index contributed by atoms with van der Waals surface area (Å²) in [5, 5.41) is 6.27. The molecule has 2 aromatic heterocycles. The Morgan fingerprint density at radius 2 is 2.21 bits per heavy atom. The maximum atomic E-state index is 12.8. The molecular formula is C20H24N6O2. The number of carbonyl (C=O) groups is 1. The van der Waals surface area contributed by atoms with Crippen LogP contribution in [0.4, 0.5) is 11.5 Å². The first-order valence-electron chi connectivity index (χ1n) is 9.32. The van der Waals surface area contributed by atoms with Crippen molar-refractivity contribution < 1.29 is 9.53 Å². The molecule has 1 aliphatic rings. The molecule has 0 spiro atoms. The molecule has 0 radical (unpaired) electrons. The van der Waals surface area contributed by atoms with Gasteiger partial charge in [-0.2, -0.15) is 0 Å². The number of anilines is 2. The Bertz CT molecular complexity index is 1020. The molecule has 8 heteroatoms. The van der Waals surface area contributed by atoms with Crippen molar-refractivity contribution >= 4 is 23.1 Å². The number of nitrogens with zero attached hydrogens (tertiary/aromatic N) is 4. The van der Waals surface area contributed by atoms with Crippen LogP contribution >= 0.6 is 0 Å². The standard InChI is InChI=1S/C20H24N6O2/c1-13-10-25(7-6-21-13)15-4-5-16(17(8-15)28-3)20(27)24-18-12-26-11-14(2)23-19(26)9-22-18/h4-5,8-9,11-13,21H,6-7,10H2,1-3H3,(H,24,27)/t13-/m1/s1. The van der Waals surface area contributed by atoms with E-state index in [-0.39, 0.29) is 5.91 Å². The summed E-state index contributed by atoms with van der Waals surface area (Å²) in [7, 11) is 1.58. The number of fused-ring (bicyclic) bond motifs is 1. The van der Waals surface area contributed by atoms with Gasteiger partial charge in [0.1, 0.15) is 11.6 Å². The topological polar surface area (TPSA) is 83.8 Å². The fraction of sp³-hybridized carbons (Fsp3) is 0.350. The molecule has 0 unspecified atom stereocenters. The number of rotatable bonds is 4. The number of piperazine rings is 1. The molecule has 8 nitrogen and oxygen atoms in total. The summed E-state index contributed by atoms with van der Waals surface area (Å²) in [4.78, 5) is 23.7. The zero-order valence-corrected chi connectivity index (χ0v) is 16.3. The summed E-state index contributed by atoms with van der Waals surface area (Å²) in [5.74, 6) is 0.735. The Balaban J connectivity index is 1.55. The predicted molar refractivity (Wildman–Crippen MR) is 108 cm³/mol. The van der Waals surface area contributed by atoms with Gasteiger partial charge >= 0.3 is 0 Å². The molecule has 2 N–H and O–H groups in total. The van der Waals surface area contributed by atoms with Crippen LogP contribution in [0.2, 0.25) is 0 Å². The number of methoxy groups -OCH3 is 1. The van der Waals surface area contributed by atoms with Gasteiger partial charge in [-0.1, -0.05) is 0 Å². The van der Waals surface area contributed by atoms with Crippen LogP contribution in [0.5, 0.6) is 5.75 Å². The lowest BCUT2D eigenvalue weighted by Gasteiger charge is -2.34. The van der Waals surface area contributed by atoms with E-state index >= 15 is 0 Å². The van der Waals surface area contributed by atoms with Crippen molar-refractivity contribution in [3.05, 3.63) is 48.0 Å². The Morgan fingerprint density at radius 1 is 1.36 bits per heavy atom. The largest absolute Gasteiger partial charge is 0.496 e. The van der Waals surface area contributed by atoms with E-state index in [1.54, 1.807) is 25.6 Å². The van der Waals surface area contributed by atoms with E-state index in [2.05, 4.69) is 32.4 Å². The third-order valence-corrected chi connectivity index (χ3v) is 4.87. The Kier molecular flexibility index (Phi) is 4.87. The van der Waals surface area contributed by atoms with Crippen molar-refractivity contribution in [2.24, 2.45) is 0 Å². The molecule has 146 valence electrons. The van der Waals surface area contributed by atoms with E-state index in [0.717, 1.165) is 36.7 Å². The van der Waals surface area contributed by atoms with Crippen molar-refractivity contribution in [3.63, 3.8) is 0 Å². The van der Waals surface area contributed by atoms with Crippen LogP contribution in [-0.4, -0.2) is 53.1 Å². The van der Waals surface area contributed by atoms with Gasteiger partial charge in [-0.25, -0.2) is 9.97 Å². The van der Waals surface area contributed by atoms with E-state index in [0.29, 0.717) is 23.2 Å². The van der Waals surface area contributed by atoms with E-state index in [1.807, 2.05) is 29.7 Å². The summed E-state index contributed by atoms with van der Waals surface area (Å²) < 4.78 is 7.33. The Morgan fingerprint density at radius 3 is 3.00 bits per heavy atom. The van der Waals surface area contributed by atoms with Crippen molar-refractivity contribution in [2.45, 2.75) is 19.9 Å². The second-order valence-electron chi connectivity index (χ2n) is 7.06. The lowest BCUT2D eigenvalue weighted by Crippen LogP contribution is -2.49. The fourth-order valence-corrected chi connectivity index (χ4v) is 3.51. The minimum absolute atomic E-state index is 0.263. The van der Waals surface area contributed by atoms with E-state index < -0.39 is 0 Å². The van der Waals surface area contributed by atoms with Gasteiger partial charge in [0.2, 0.25) is 0 Å².